The van der Waals surface area contributed by atoms with E-state index in [0.717, 1.165) is 0 Å². The van der Waals surface area contributed by atoms with Crippen molar-refractivity contribution in [2.24, 2.45) is 0 Å². The van der Waals surface area contributed by atoms with Crippen molar-refractivity contribution in [1.29, 1.82) is 0 Å². The third kappa shape index (κ3) is 3.44. The molecule has 2 aromatic rings. The number of nitrogen functional groups attached to an aromatic ring is 1. The average Bonchev–Trinajstić information content (AvgIpc) is 2.58. The number of nitrogens with two attached hydrogens (primary N) is 1. The smallest absolute Gasteiger partial charge is 0.243 e. The van der Waals surface area contributed by atoms with Crippen LogP contribution in [0.1, 0.15) is 0 Å². The molecule has 0 aliphatic carbocycles. The normalized spacial score (nSPS) is 16.2. The number of piperazine rings is 1. The molecule has 1 aliphatic rings. The van der Waals surface area contributed by atoms with E-state index in [9.17, 15) is 8.42 Å². The highest BCUT2D eigenvalue weighted by molar-refractivity contribution is 7.89. The lowest BCUT2D eigenvalue weighted by atomic mass is 10.3. The summed E-state index contributed by atoms with van der Waals surface area (Å²) >= 11 is 0. The van der Waals surface area contributed by atoms with E-state index in [1.54, 1.807) is 42.6 Å². The highest BCUT2D eigenvalue weighted by Gasteiger charge is 2.25. The van der Waals surface area contributed by atoms with Crippen LogP contribution in [-0.4, -0.2) is 43.9 Å². The fraction of sp³-hybridized carbons (Fsp3) is 0.267. The van der Waals surface area contributed by atoms with Gasteiger partial charge in [0.2, 0.25) is 10.0 Å². The summed E-state index contributed by atoms with van der Waals surface area (Å²) in [7, 11) is -3.49. The Hall–Kier alpha value is -2.16. The lowest BCUT2D eigenvalue weighted by molar-refractivity contribution is 0.360. The molecule has 0 unspecified atom stereocenters. The average molecular weight is 333 g/mol. The van der Waals surface area contributed by atoms with E-state index in [4.69, 9.17) is 5.73 Å². The second kappa shape index (κ2) is 6.53. The number of anilines is 3. The molecule has 1 saturated heterocycles. The minimum Gasteiger partial charge on any atom is -0.396 e. The Morgan fingerprint density at radius 3 is 2.70 bits per heavy atom. The Kier molecular flexibility index (Phi) is 4.46. The summed E-state index contributed by atoms with van der Waals surface area (Å²) in [4.78, 5) is 4.41. The lowest BCUT2D eigenvalue weighted by Crippen LogP contribution is -2.46. The third-order valence-corrected chi connectivity index (χ3v) is 5.54. The number of nitrogens with zero attached hydrogens (tertiary/aromatic N) is 2. The Balaban J connectivity index is 1.86. The van der Waals surface area contributed by atoms with Gasteiger partial charge < -0.3 is 16.4 Å². The van der Waals surface area contributed by atoms with Crippen LogP contribution in [0.3, 0.4) is 0 Å². The molecule has 1 aromatic heterocycles. The second-order valence-electron chi connectivity index (χ2n) is 5.25. The quantitative estimate of drug-likeness (QED) is 0.772. The molecule has 3 rings (SSSR count). The summed E-state index contributed by atoms with van der Waals surface area (Å²) in [6.07, 6.45) is 1.63. The SMILES string of the molecule is Nc1cccnc1Nc1cccc(S(=O)(=O)N2CCNCC2)c1. The van der Waals surface area contributed by atoms with Gasteiger partial charge in [0.05, 0.1) is 10.6 Å². The molecule has 8 heteroatoms. The second-order valence-corrected chi connectivity index (χ2v) is 7.19. The van der Waals surface area contributed by atoms with Crippen molar-refractivity contribution in [1.82, 2.24) is 14.6 Å². The van der Waals surface area contributed by atoms with Gasteiger partial charge in [-0.1, -0.05) is 6.07 Å². The van der Waals surface area contributed by atoms with Crippen molar-refractivity contribution in [2.45, 2.75) is 4.90 Å². The van der Waals surface area contributed by atoms with E-state index in [1.807, 2.05) is 0 Å². The molecule has 7 nitrogen and oxygen atoms in total. The number of hydrogen-bond donors (Lipinski definition) is 3. The Bertz CT molecular complexity index is 788. The van der Waals surface area contributed by atoms with Crippen molar-refractivity contribution >= 4 is 27.2 Å². The van der Waals surface area contributed by atoms with E-state index in [0.29, 0.717) is 43.4 Å². The maximum absolute atomic E-state index is 12.7. The number of benzene rings is 1. The molecule has 23 heavy (non-hydrogen) atoms. The number of pyridine rings is 1. The summed E-state index contributed by atoms with van der Waals surface area (Å²) in [6.45, 7) is 2.30. The van der Waals surface area contributed by atoms with Crippen LogP contribution in [0.2, 0.25) is 0 Å². The lowest BCUT2D eigenvalue weighted by Gasteiger charge is -2.26. The fourth-order valence-corrected chi connectivity index (χ4v) is 3.91. The van der Waals surface area contributed by atoms with Crippen LogP contribution >= 0.6 is 0 Å². The van der Waals surface area contributed by atoms with Crippen LogP contribution in [0.15, 0.2) is 47.5 Å². The predicted octanol–water partition coefficient (Wildman–Crippen LogP) is 1.00. The Morgan fingerprint density at radius 1 is 1.17 bits per heavy atom. The summed E-state index contributed by atoms with van der Waals surface area (Å²) < 4.78 is 26.9. The van der Waals surface area contributed by atoms with Gasteiger partial charge in [0.25, 0.3) is 0 Å². The number of aromatic nitrogens is 1. The van der Waals surface area contributed by atoms with Gasteiger partial charge in [-0.2, -0.15) is 4.31 Å². The zero-order chi connectivity index (χ0) is 16.3. The first-order chi connectivity index (χ1) is 11.1. The van der Waals surface area contributed by atoms with E-state index in [1.165, 1.54) is 4.31 Å². The predicted molar refractivity (Wildman–Crippen MR) is 90.0 cm³/mol. The van der Waals surface area contributed by atoms with Crippen LogP contribution in [0.5, 0.6) is 0 Å². The third-order valence-electron chi connectivity index (χ3n) is 3.65. The molecular formula is C15H19N5O2S. The summed E-state index contributed by atoms with van der Waals surface area (Å²) in [5.74, 6) is 0.504. The molecule has 0 amide bonds. The van der Waals surface area contributed by atoms with Crippen LogP contribution in [0, 0.1) is 0 Å². The van der Waals surface area contributed by atoms with Gasteiger partial charge in [0, 0.05) is 38.1 Å². The molecule has 0 spiro atoms. The zero-order valence-electron chi connectivity index (χ0n) is 12.6. The summed E-state index contributed by atoms with van der Waals surface area (Å²) in [5, 5.41) is 6.20. The molecule has 1 aliphatic heterocycles. The van der Waals surface area contributed by atoms with Crippen molar-refractivity contribution in [3.8, 4) is 0 Å². The van der Waals surface area contributed by atoms with Gasteiger partial charge in [-0.25, -0.2) is 13.4 Å². The number of hydrogen-bond acceptors (Lipinski definition) is 6. The number of sulfonamides is 1. The van der Waals surface area contributed by atoms with Crippen LogP contribution in [0.4, 0.5) is 17.2 Å². The monoisotopic (exact) mass is 333 g/mol. The van der Waals surface area contributed by atoms with Crippen molar-refractivity contribution < 1.29 is 8.42 Å². The molecule has 1 aromatic carbocycles. The first-order valence-electron chi connectivity index (χ1n) is 7.36. The molecule has 0 saturated carbocycles. The van der Waals surface area contributed by atoms with Crippen LogP contribution < -0.4 is 16.4 Å². The van der Waals surface area contributed by atoms with E-state index >= 15 is 0 Å². The number of rotatable bonds is 4. The van der Waals surface area contributed by atoms with Gasteiger partial charge in [-0.3, -0.25) is 0 Å². The standard InChI is InChI=1S/C15H19N5O2S/c16-14-5-2-6-18-15(14)19-12-3-1-4-13(11-12)23(21,22)20-9-7-17-8-10-20/h1-6,11,17H,7-10,16H2,(H,18,19). The van der Waals surface area contributed by atoms with Crippen molar-refractivity contribution in [3.05, 3.63) is 42.6 Å². The minimum atomic E-state index is -3.49. The largest absolute Gasteiger partial charge is 0.396 e. The minimum absolute atomic E-state index is 0.263. The van der Waals surface area contributed by atoms with Crippen LogP contribution in [-0.2, 0) is 10.0 Å². The van der Waals surface area contributed by atoms with E-state index in [-0.39, 0.29) is 4.90 Å². The van der Waals surface area contributed by atoms with Gasteiger partial charge in [-0.15, -0.1) is 0 Å². The summed E-state index contributed by atoms with van der Waals surface area (Å²) in [5.41, 5.74) is 6.98. The highest BCUT2D eigenvalue weighted by Crippen LogP contribution is 2.24. The maximum Gasteiger partial charge on any atom is 0.243 e. The molecular weight excluding hydrogens is 314 g/mol. The van der Waals surface area contributed by atoms with Gasteiger partial charge >= 0.3 is 0 Å². The molecule has 0 atom stereocenters. The van der Waals surface area contributed by atoms with Gasteiger partial charge in [0.15, 0.2) is 5.82 Å². The topological polar surface area (TPSA) is 100 Å². The van der Waals surface area contributed by atoms with Crippen molar-refractivity contribution in [3.63, 3.8) is 0 Å². The van der Waals surface area contributed by atoms with Gasteiger partial charge in [-0.05, 0) is 30.3 Å². The summed E-state index contributed by atoms with van der Waals surface area (Å²) in [6, 6.07) is 10.2. The molecule has 1 fully saturated rings. The number of nitrogens with one attached hydrogen (secondary N) is 2. The zero-order valence-corrected chi connectivity index (χ0v) is 13.4. The molecule has 0 bridgehead atoms. The Morgan fingerprint density at radius 2 is 1.96 bits per heavy atom. The fourth-order valence-electron chi connectivity index (χ4n) is 2.43. The van der Waals surface area contributed by atoms with E-state index in [2.05, 4.69) is 15.6 Å². The highest BCUT2D eigenvalue weighted by atomic mass is 32.2. The Labute approximate surface area is 135 Å². The molecule has 0 radical (unpaired) electrons. The molecule has 122 valence electrons. The maximum atomic E-state index is 12.7. The van der Waals surface area contributed by atoms with Gasteiger partial charge in [0.1, 0.15) is 0 Å². The first-order valence-corrected chi connectivity index (χ1v) is 8.80. The molecule has 4 N–H and O–H groups in total. The molecule has 2 heterocycles. The van der Waals surface area contributed by atoms with Crippen molar-refractivity contribution in [2.75, 3.05) is 37.2 Å². The van der Waals surface area contributed by atoms with Crippen LogP contribution in [0.25, 0.3) is 0 Å². The first kappa shape index (κ1) is 15.7. The van der Waals surface area contributed by atoms with E-state index < -0.39 is 10.0 Å².